The number of hydrogen-bond acceptors (Lipinski definition) is 7. The summed E-state index contributed by atoms with van der Waals surface area (Å²) in [6.07, 6.45) is 5.28. The van der Waals surface area contributed by atoms with Gasteiger partial charge in [-0.2, -0.15) is 4.98 Å². The molecule has 0 aliphatic carbocycles. The predicted octanol–water partition coefficient (Wildman–Crippen LogP) is 5.10. The van der Waals surface area contributed by atoms with E-state index in [0.717, 1.165) is 45.6 Å². The van der Waals surface area contributed by atoms with Crippen molar-refractivity contribution in [1.29, 1.82) is 0 Å². The Labute approximate surface area is 181 Å². The summed E-state index contributed by atoms with van der Waals surface area (Å²) in [4.78, 5) is 12.6. The van der Waals surface area contributed by atoms with Gasteiger partial charge in [-0.1, -0.05) is 23.5 Å². The molecule has 3 aromatic rings. The van der Waals surface area contributed by atoms with Crippen LogP contribution >= 0.6 is 11.3 Å². The van der Waals surface area contributed by atoms with Crippen LogP contribution in [0.3, 0.4) is 0 Å². The number of piperidine rings is 1. The molecule has 0 bridgehead atoms. The van der Waals surface area contributed by atoms with Crippen LogP contribution in [0, 0.1) is 0 Å². The average Bonchev–Trinajstić information content (AvgIpc) is 3.34. The second-order valence-corrected chi connectivity index (χ2v) is 10.7. The number of thiazole rings is 1. The number of benzene rings is 1. The van der Waals surface area contributed by atoms with Crippen LogP contribution in [0.4, 0.5) is 5.13 Å². The first kappa shape index (κ1) is 19.6. The highest BCUT2D eigenvalue weighted by Gasteiger charge is 2.40. The third kappa shape index (κ3) is 3.50. The van der Waals surface area contributed by atoms with Crippen molar-refractivity contribution in [2.24, 2.45) is 0 Å². The summed E-state index contributed by atoms with van der Waals surface area (Å²) in [6, 6.07) is 6.81. The Morgan fingerprint density at radius 3 is 2.63 bits per heavy atom. The summed E-state index contributed by atoms with van der Waals surface area (Å²) in [5.74, 6) is 0.746. The van der Waals surface area contributed by atoms with Crippen LogP contribution in [-0.2, 0) is 6.61 Å². The fourth-order valence-electron chi connectivity index (χ4n) is 5.01. The number of fused-ring (bicyclic) bond motifs is 3. The fraction of sp³-hybridized carbons (Fsp3) is 0.478. The standard InChI is InChI=1S/C23H28N4O2S/c1-22(2)9-16(10-23(3,4)26-22)27(5)21-25-20-19(30-21)17-7-6-14(8-15(17)11-29-20)18-12-28-13-24-18/h6-8,12-13,16,26H,9-11H2,1-5H3. The van der Waals surface area contributed by atoms with Crippen molar-refractivity contribution in [3.05, 3.63) is 36.4 Å². The lowest BCUT2D eigenvalue weighted by atomic mass is 9.79. The van der Waals surface area contributed by atoms with Gasteiger partial charge >= 0.3 is 0 Å². The first-order chi connectivity index (χ1) is 14.2. The molecule has 0 amide bonds. The zero-order valence-electron chi connectivity index (χ0n) is 18.2. The molecule has 1 aromatic carbocycles. The molecule has 0 radical (unpaired) electrons. The van der Waals surface area contributed by atoms with Gasteiger partial charge in [0.15, 0.2) is 11.5 Å². The molecule has 30 heavy (non-hydrogen) atoms. The molecule has 6 nitrogen and oxygen atoms in total. The quantitative estimate of drug-likeness (QED) is 0.631. The molecule has 0 atom stereocenters. The van der Waals surface area contributed by atoms with Crippen molar-refractivity contribution >= 4 is 16.5 Å². The minimum atomic E-state index is 0.0954. The topological polar surface area (TPSA) is 63.4 Å². The van der Waals surface area contributed by atoms with Crippen molar-refractivity contribution in [3.8, 4) is 27.6 Å². The summed E-state index contributed by atoms with van der Waals surface area (Å²) in [6.45, 7) is 9.66. The van der Waals surface area contributed by atoms with Gasteiger partial charge in [-0.15, -0.1) is 0 Å². The monoisotopic (exact) mass is 424 g/mol. The first-order valence-electron chi connectivity index (χ1n) is 10.4. The Morgan fingerprint density at radius 2 is 1.93 bits per heavy atom. The van der Waals surface area contributed by atoms with Gasteiger partial charge in [0, 0.05) is 35.3 Å². The fourth-order valence-corrected chi connectivity index (χ4v) is 6.11. The van der Waals surface area contributed by atoms with E-state index in [0.29, 0.717) is 12.6 Å². The molecule has 2 aliphatic rings. The molecular formula is C23H28N4O2S. The van der Waals surface area contributed by atoms with Gasteiger partial charge in [0.05, 0.1) is 0 Å². The van der Waals surface area contributed by atoms with E-state index >= 15 is 0 Å². The Morgan fingerprint density at radius 1 is 1.17 bits per heavy atom. The largest absolute Gasteiger partial charge is 0.472 e. The van der Waals surface area contributed by atoms with E-state index in [1.54, 1.807) is 17.6 Å². The van der Waals surface area contributed by atoms with E-state index in [1.165, 1.54) is 12.0 Å². The maximum atomic E-state index is 6.04. The third-order valence-corrected chi connectivity index (χ3v) is 7.21. The Hall–Kier alpha value is -2.38. The number of rotatable bonds is 3. The summed E-state index contributed by atoms with van der Waals surface area (Å²) in [5, 5.41) is 4.79. The average molecular weight is 425 g/mol. The van der Waals surface area contributed by atoms with Crippen molar-refractivity contribution in [3.63, 3.8) is 0 Å². The number of oxazole rings is 1. The molecule has 1 saturated heterocycles. The third-order valence-electron chi connectivity index (χ3n) is 6.05. The number of aromatic nitrogens is 2. The molecule has 4 heterocycles. The van der Waals surface area contributed by atoms with E-state index in [-0.39, 0.29) is 11.1 Å². The molecule has 1 N–H and O–H groups in total. The SMILES string of the molecule is CN(c1nc2c(s1)-c1ccc(-c3cocn3)cc1CO2)C1CC(C)(C)NC(C)(C)C1. The molecule has 5 rings (SSSR count). The second-order valence-electron chi connectivity index (χ2n) is 9.73. The first-order valence-corrected chi connectivity index (χ1v) is 11.2. The molecule has 0 saturated carbocycles. The van der Waals surface area contributed by atoms with Crippen LogP contribution in [0.25, 0.3) is 21.7 Å². The summed E-state index contributed by atoms with van der Waals surface area (Å²) >= 11 is 1.72. The van der Waals surface area contributed by atoms with Crippen LogP contribution in [0.15, 0.2) is 35.3 Å². The van der Waals surface area contributed by atoms with Crippen molar-refractivity contribution in [2.45, 2.75) is 64.3 Å². The lowest BCUT2D eigenvalue weighted by Crippen LogP contribution is -2.61. The smallest absolute Gasteiger partial charge is 0.234 e. The van der Waals surface area contributed by atoms with Gasteiger partial charge in [0.25, 0.3) is 0 Å². The zero-order valence-corrected chi connectivity index (χ0v) is 19.0. The van der Waals surface area contributed by atoms with E-state index in [2.05, 4.69) is 68.1 Å². The van der Waals surface area contributed by atoms with Gasteiger partial charge < -0.3 is 19.4 Å². The van der Waals surface area contributed by atoms with E-state index < -0.39 is 0 Å². The summed E-state index contributed by atoms with van der Waals surface area (Å²) in [5.41, 5.74) is 4.42. The van der Waals surface area contributed by atoms with Crippen molar-refractivity contribution < 1.29 is 9.15 Å². The Kier molecular flexibility index (Phi) is 4.45. The Bertz CT molecular complexity index is 1060. The highest BCUT2D eigenvalue weighted by Crippen LogP contribution is 2.46. The number of nitrogens with zero attached hydrogens (tertiary/aromatic N) is 3. The van der Waals surface area contributed by atoms with E-state index in [1.807, 2.05) is 0 Å². The highest BCUT2D eigenvalue weighted by molar-refractivity contribution is 7.19. The zero-order chi connectivity index (χ0) is 21.1. The van der Waals surface area contributed by atoms with Crippen molar-refractivity contribution in [2.75, 3.05) is 11.9 Å². The number of hydrogen-bond donors (Lipinski definition) is 1. The number of anilines is 1. The minimum absolute atomic E-state index is 0.0954. The van der Waals surface area contributed by atoms with Crippen LogP contribution in [0.2, 0.25) is 0 Å². The highest BCUT2D eigenvalue weighted by atomic mass is 32.1. The maximum absolute atomic E-state index is 6.04. The molecular weight excluding hydrogens is 396 g/mol. The van der Waals surface area contributed by atoms with Crippen LogP contribution < -0.4 is 15.0 Å². The molecule has 0 unspecified atom stereocenters. The van der Waals surface area contributed by atoms with Gasteiger partial charge in [-0.25, -0.2) is 4.98 Å². The summed E-state index contributed by atoms with van der Waals surface area (Å²) in [7, 11) is 2.17. The number of ether oxygens (including phenoxy) is 1. The second kappa shape index (κ2) is 6.82. The van der Waals surface area contributed by atoms with Crippen LogP contribution in [0.5, 0.6) is 5.88 Å². The van der Waals surface area contributed by atoms with Gasteiger partial charge in [0.1, 0.15) is 23.4 Å². The van der Waals surface area contributed by atoms with Gasteiger partial charge in [-0.05, 0) is 52.2 Å². The lowest BCUT2D eigenvalue weighted by molar-refractivity contribution is 0.161. The van der Waals surface area contributed by atoms with Crippen LogP contribution in [-0.4, -0.2) is 34.1 Å². The summed E-state index contributed by atoms with van der Waals surface area (Å²) < 4.78 is 11.2. The van der Waals surface area contributed by atoms with E-state index in [9.17, 15) is 0 Å². The normalized spacial score (nSPS) is 19.6. The maximum Gasteiger partial charge on any atom is 0.234 e. The van der Waals surface area contributed by atoms with E-state index in [4.69, 9.17) is 14.1 Å². The van der Waals surface area contributed by atoms with Crippen LogP contribution in [0.1, 0.15) is 46.1 Å². The molecule has 0 spiro atoms. The predicted molar refractivity (Wildman–Crippen MR) is 120 cm³/mol. The Balaban J connectivity index is 1.45. The minimum Gasteiger partial charge on any atom is -0.472 e. The molecule has 1 fully saturated rings. The molecule has 2 aromatic heterocycles. The molecule has 2 aliphatic heterocycles. The van der Waals surface area contributed by atoms with Crippen molar-refractivity contribution in [1.82, 2.24) is 15.3 Å². The molecule has 158 valence electrons. The van der Waals surface area contributed by atoms with Gasteiger partial charge in [-0.3, -0.25) is 0 Å². The lowest BCUT2D eigenvalue weighted by Gasteiger charge is -2.48. The molecule has 7 heteroatoms. The van der Waals surface area contributed by atoms with Gasteiger partial charge in [0.2, 0.25) is 5.88 Å². The number of nitrogens with one attached hydrogen (secondary N) is 1.